The van der Waals surface area contributed by atoms with Crippen LogP contribution in [0.5, 0.6) is 0 Å². The van der Waals surface area contributed by atoms with Crippen molar-refractivity contribution in [3.05, 3.63) is 152 Å². The Morgan fingerprint density at radius 3 is 1.32 bits per heavy atom. The molecule has 2 heterocycles. The summed E-state index contributed by atoms with van der Waals surface area (Å²) in [5, 5.41) is 5.25. The summed E-state index contributed by atoms with van der Waals surface area (Å²) < 4.78 is 4.99. The van der Waals surface area contributed by atoms with E-state index in [-0.39, 0.29) is 0 Å². The van der Waals surface area contributed by atoms with E-state index >= 15 is 0 Å². The van der Waals surface area contributed by atoms with E-state index in [1.54, 1.807) is 0 Å². The molecule has 2 nitrogen and oxygen atoms in total. The molecule has 0 saturated carbocycles. The zero-order valence-corrected chi connectivity index (χ0v) is 33.8. The summed E-state index contributed by atoms with van der Waals surface area (Å²) >= 11 is 0. The van der Waals surface area contributed by atoms with Gasteiger partial charge in [0, 0.05) is 38.6 Å². The van der Waals surface area contributed by atoms with E-state index in [1.807, 2.05) is 0 Å². The number of benzene rings is 8. The largest absolute Gasteiger partial charge is 0.310 e. The van der Waals surface area contributed by atoms with Gasteiger partial charge in [-0.15, -0.1) is 5.46 Å². The third-order valence-corrected chi connectivity index (χ3v) is 13.0. The summed E-state index contributed by atoms with van der Waals surface area (Å²) in [5.41, 5.74) is 24.4. The maximum absolute atomic E-state index is 2.56. The molecule has 262 valence electrons. The van der Waals surface area contributed by atoms with Crippen LogP contribution in [0.15, 0.2) is 152 Å². The molecule has 0 saturated heterocycles. The van der Waals surface area contributed by atoms with Crippen molar-refractivity contribution >= 4 is 137 Å². The summed E-state index contributed by atoms with van der Waals surface area (Å²) in [6.07, 6.45) is 0. The highest BCUT2D eigenvalue weighted by Gasteiger charge is 2.25. The van der Waals surface area contributed by atoms with Crippen molar-refractivity contribution in [1.82, 2.24) is 9.13 Å². The predicted molar refractivity (Wildman–Crippen MR) is 269 cm³/mol. The lowest BCUT2D eigenvalue weighted by Gasteiger charge is -2.19. The van der Waals surface area contributed by atoms with E-state index in [4.69, 9.17) is 0 Å². The van der Waals surface area contributed by atoms with Crippen molar-refractivity contribution in [2.45, 2.75) is 0 Å². The number of fused-ring (bicyclic) bond motifs is 6. The van der Waals surface area contributed by atoms with Crippen LogP contribution in [0, 0.1) is 0 Å². The van der Waals surface area contributed by atoms with Crippen LogP contribution in [0.4, 0.5) is 0 Å². The van der Waals surface area contributed by atoms with Gasteiger partial charge < -0.3 is 9.13 Å². The maximum atomic E-state index is 2.56. The Bertz CT molecular complexity index is 3230. The summed E-state index contributed by atoms with van der Waals surface area (Å²) in [7, 11) is 16.3. The molecule has 0 aliphatic carbocycles. The normalized spacial score (nSPS) is 11.6. The van der Waals surface area contributed by atoms with Crippen LogP contribution < -0.4 is 38.2 Å². The van der Waals surface area contributed by atoms with Crippen molar-refractivity contribution in [2.24, 2.45) is 0 Å². The van der Waals surface area contributed by atoms with Gasteiger partial charge >= 0.3 is 0 Å². The lowest BCUT2D eigenvalue weighted by molar-refractivity contribution is 1.18. The van der Waals surface area contributed by atoms with E-state index in [0.717, 1.165) is 0 Å². The Hall–Kier alpha value is -6.19. The summed E-state index contributed by atoms with van der Waals surface area (Å²) in [5.74, 6) is 0. The van der Waals surface area contributed by atoms with E-state index in [2.05, 4.69) is 216 Å². The van der Waals surface area contributed by atoms with Crippen LogP contribution in [0.3, 0.4) is 0 Å². The second-order valence-electron chi connectivity index (χ2n) is 15.9. The number of para-hydroxylation sites is 1. The quantitative estimate of drug-likeness (QED) is 0.232. The first-order chi connectivity index (χ1) is 27.7. The second-order valence-corrected chi connectivity index (χ2v) is 15.9. The molecule has 57 heavy (non-hydrogen) atoms. The second kappa shape index (κ2) is 13.5. The Balaban J connectivity index is 1.26. The summed E-state index contributed by atoms with van der Waals surface area (Å²) in [6, 6.07) is 55.5. The topological polar surface area (TPSA) is 9.86 Å². The molecule has 0 bridgehead atoms. The standard InChI is InChI=1S/C48H39B7N2/c49-40-37(30-19-23-36-34(25-30)33-24-29(27-12-6-2-7-13-27)18-22-35(33)56(36)31-14-8-3-9-15-31)41(50)45(54)47-38(40)39-42(51)43(52)44(53)46(55)48(39)57(47)32-20-16-28(17-21-32)26-10-4-1-5-11-26/h1-25H,49-55H2. The number of hydrogen-bond acceptors (Lipinski definition) is 0. The maximum Gasteiger partial charge on any atom is 0.141 e. The molecular formula is C48H39B7N2. The zero-order valence-electron chi connectivity index (χ0n) is 33.8. The monoisotopic (exact) mass is 720 g/mol. The number of aromatic nitrogens is 2. The van der Waals surface area contributed by atoms with Crippen molar-refractivity contribution in [3.63, 3.8) is 0 Å². The van der Waals surface area contributed by atoms with Crippen molar-refractivity contribution in [3.8, 4) is 44.8 Å². The SMILES string of the molecule is Bc1c(B)c(B)c2c(c1B)c1c(B)c(-c3ccc4c(c3)c3cc(-c5ccccc5)ccc3n4-c3ccccc3)c(B)c(B)c1n2-c1ccc(-c2ccccc2)cc1. The first-order valence-corrected chi connectivity index (χ1v) is 20.1. The summed E-state index contributed by atoms with van der Waals surface area (Å²) in [4.78, 5) is 0. The van der Waals surface area contributed by atoms with Crippen LogP contribution in [0.1, 0.15) is 0 Å². The van der Waals surface area contributed by atoms with Crippen LogP contribution in [0.2, 0.25) is 0 Å². The van der Waals surface area contributed by atoms with E-state index in [0.29, 0.717) is 0 Å². The van der Waals surface area contributed by atoms with Gasteiger partial charge in [-0.3, -0.25) is 0 Å². The fourth-order valence-electron chi connectivity index (χ4n) is 9.68. The molecule has 9 heteroatoms. The minimum Gasteiger partial charge on any atom is -0.310 e. The van der Waals surface area contributed by atoms with Gasteiger partial charge in [0.2, 0.25) is 0 Å². The van der Waals surface area contributed by atoms with Crippen LogP contribution in [-0.2, 0) is 0 Å². The smallest absolute Gasteiger partial charge is 0.141 e. The van der Waals surface area contributed by atoms with Crippen LogP contribution in [-0.4, -0.2) is 64.1 Å². The van der Waals surface area contributed by atoms with Crippen molar-refractivity contribution < 1.29 is 0 Å². The Labute approximate surface area is 340 Å². The minimum atomic E-state index is 1.17. The van der Waals surface area contributed by atoms with Gasteiger partial charge in [-0.2, -0.15) is 0 Å². The molecule has 0 amide bonds. The van der Waals surface area contributed by atoms with Gasteiger partial charge in [0.1, 0.15) is 54.9 Å². The number of rotatable bonds is 5. The fourth-order valence-corrected chi connectivity index (χ4v) is 9.68. The summed E-state index contributed by atoms with van der Waals surface area (Å²) in [6.45, 7) is 0. The highest BCUT2D eigenvalue weighted by Crippen LogP contribution is 2.38. The highest BCUT2D eigenvalue weighted by atomic mass is 15.0. The Kier molecular flexibility index (Phi) is 8.34. The number of hydrogen-bond donors (Lipinski definition) is 0. The zero-order chi connectivity index (χ0) is 39.1. The van der Waals surface area contributed by atoms with Gasteiger partial charge in [0.05, 0.1) is 11.0 Å². The Morgan fingerprint density at radius 1 is 0.298 bits per heavy atom. The molecule has 2 aromatic heterocycles. The average molecular weight is 720 g/mol. The molecule has 10 aromatic rings. The van der Waals surface area contributed by atoms with Crippen molar-refractivity contribution in [2.75, 3.05) is 0 Å². The molecule has 0 atom stereocenters. The van der Waals surface area contributed by atoms with Gasteiger partial charge in [-0.25, -0.2) is 0 Å². The average Bonchev–Trinajstić information content (AvgIpc) is 3.79. The molecule has 0 radical (unpaired) electrons. The first kappa shape index (κ1) is 35.2. The first-order valence-electron chi connectivity index (χ1n) is 20.1. The van der Waals surface area contributed by atoms with Crippen molar-refractivity contribution in [1.29, 1.82) is 0 Å². The molecule has 10 rings (SSSR count). The van der Waals surface area contributed by atoms with E-state index in [9.17, 15) is 0 Å². The molecule has 0 N–H and O–H groups in total. The third-order valence-electron chi connectivity index (χ3n) is 13.0. The third kappa shape index (κ3) is 5.36. The van der Waals surface area contributed by atoms with Gasteiger partial charge in [-0.1, -0.05) is 136 Å². The minimum absolute atomic E-state index is 1.17. The fraction of sp³-hybridized carbons (Fsp3) is 0. The molecule has 0 aliphatic rings. The molecule has 0 spiro atoms. The molecule has 0 aliphatic heterocycles. The lowest BCUT2D eigenvalue weighted by Crippen LogP contribution is -2.48. The van der Waals surface area contributed by atoms with Crippen LogP contribution >= 0.6 is 0 Å². The molecule has 8 aromatic carbocycles. The molecule has 0 fully saturated rings. The predicted octanol–water partition coefficient (Wildman–Crippen LogP) is 0.691. The van der Waals surface area contributed by atoms with Crippen LogP contribution in [0.25, 0.3) is 88.4 Å². The van der Waals surface area contributed by atoms with E-state index < -0.39 is 0 Å². The molecular weight excluding hydrogens is 680 g/mol. The number of nitrogens with zero attached hydrogens (tertiary/aromatic N) is 2. The highest BCUT2D eigenvalue weighted by molar-refractivity contribution is 6.69. The van der Waals surface area contributed by atoms with Gasteiger partial charge in [-0.05, 0) is 87.3 Å². The van der Waals surface area contributed by atoms with E-state index in [1.165, 1.54) is 127 Å². The van der Waals surface area contributed by atoms with Gasteiger partial charge in [0.25, 0.3) is 0 Å². The molecule has 0 unspecified atom stereocenters. The Morgan fingerprint density at radius 2 is 0.719 bits per heavy atom. The lowest BCUT2D eigenvalue weighted by atomic mass is 9.64. The van der Waals surface area contributed by atoms with Gasteiger partial charge in [0.15, 0.2) is 0 Å².